The molecule has 0 aliphatic carbocycles. The van der Waals surface area contributed by atoms with Crippen LogP contribution >= 0.6 is 35.6 Å². The predicted molar refractivity (Wildman–Crippen MR) is 108 cm³/mol. The molecule has 0 saturated heterocycles. The Morgan fingerprint density at radius 1 is 1.08 bits per heavy atom. The minimum atomic E-state index is 0. The molecule has 3 rings (SSSR count). The number of phenolic OH excluding ortho intramolecular Hbond substituents is 1. The molecular formula is C19H18Cl3NO3. The van der Waals surface area contributed by atoms with E-state index in [2.05, 4.69) is 4.98 Å². The Labute approximate surface area is 168 Å². The van der Waals surface area contributed by atoms with E-state index in [0.29, 0.717) is 40.0 Å². The Morgan fingerprint density at radius 2 is 1.77 bits per heavy atom. The third kappa shape index (κ3) is 3.93. The maximum atomic E-state index is 10.4. The van der Waals surface area contributed by atoms with Crippen LogP contribution in [0.4, 0.5) is 0 Å². The van der Waals surface area contributed by atoms with E-state index in [4.69, 9.17) is 32.7 Å². The van der Waals surface area contributed by atoms with Crippen LogP contribution in [0.1, 0.15) is 18.1 Å². The molecule has 7 heteroatoms. The van der Waals surface area contributed by atoms with Crippen molar-refractivity contribution >= 4 is 46.4 Å². The molecule has 26 heavy (non-hydrogen) atoms. The first-order chi connectivity index (χ1) is 12.0. The summed E-state index contributed by atoms with van der Waals surface area (Å²) in [7, 11) is 1.53. The van der Waals surface area contributed by atoms with E-state index >= 15 is 0 Å². The number of aromatic nitrogens is 1. The number of phenols is 1. The average Bonchev–Trinajstić information content (AvgIpc) is 2.58. The van der Waals surface area contributed by atoms with Crippen LogP contribution in [0.3, 0.4) is 0 Å². The van der Waals surface area contributed by atoms with Gasteiger partial charge >= 0.3 is 0 Å². The molecule has 0 bridgehead atoms. The summed E-state index contributed by atoms with van der Waals surface area (Å²) in [4.78, 5) is 4.24. The Hall–Kier alpha value is -1.88. The van der Waals surface area contributed by atoms with E-state index in [-0.39, 0.29) is 18.2 Å². The zero-order chi connectivity index (χ0) is 18.0. The van der Waals surface area contributed by atoms with Crippen molar-refractivity contribution < 1.29 is 14.6 Å². The molecule has 0 atom stereocenters. The van der Waals surface area contributed by atoms with Gasteiger partial charge in [0, 0.05) is 17.8 Å². The second-order valence-corrected chi connectivity index (χ2v) is 6.32. The Morgan fingerprint density at radius 3 is 2.38 bits per heavy atom. The summed E-state index contributed by atoms with van der Waals surface area (Å²) in [6.45, 7) is 2.35. The number of benzene rings is 2. The van der Waals surface area contributed by atoms with Crippen molar-refractivity contribution in [3.05, 3.63) is 57.8 Å². The minimum absolute atomic E-state index is 0. The van der Waals surface area contributed by atoms with Crippen molar-refractivity contribution in [3.63, 3.8) is 0 Å². The van der Waals surface area contributed by atoms with Crippen LogP contribution in [0.25, 0.3) is 10.8 Å². The molecule has 2 aromatic carbocycles. The van der Waals surface area contributed by atoms with Gasteiger partial charge in [-0.1, -0.05) is 29.3 Å². The summed E-state index contributed by atoms with van der Waals surface area (Å²) in [5.41, 5.74) is 1.88. The third-order valence-electron chi connectivity index (χ3n) is 3.92. The van der Waals surface area contributed by atoms with Crippen LogP contribution in [0.5, 0.6) is 17.2 Å². The van der Waals surface area contributed by atoms with Crippen LogP contribution in [-0.2, 0) is 6.42 Å². The van der Waals surface area contributed by atoms with Crippen LogP contribution < -0.4 is 9.47 Å². The van der Waals surface area contributed by atoms with E-state index in [0.717, 1.165) is 16.5 Å². The lowest BCUT2D eigenvalue weighted by molar-refractivity contribution is 0.320. The van der Waals surface area contributed by atoms with Crippen molar-refractivity contribution in [2.24, 2.45) is 0 Å². The number of aromatic hydroxyl groups is 1. The van der Waals surface area contributed by atoms with Gasteiger partial charge in [0.15, 0.2) is 17.2 Å². The Balaban J connectivity index is 0.00000243. The van der Waals surface area contributed by atoms with E-state index in [1.807, 2.05) is 25.1 Å². The standard InChI is InChI=1S/C19H17Cl2NO3.ClH/c1-3-25-17-5-4-13-12(9-22-10-14(13)18(17)23)6-11-7-15(20)19(24-2)16(21)8-11;/h4-5,7-10,23H,3,6H2,1-2H3;1H. The molecule has 0 aliphatic heterocycles. The molecular weight excluding hydrogens is 397 g/mol. The Kier molecular flexibility index (Phi) is 6.81. The highest BCUT2D eigenvalue weighted by atomic mass is 35.5. The number of hydrogen-bond acceptors (Lipinski definition) is 4. The smallest absolute Gasteiger partial charge is 0.167 e. The second kappa shape index (κ2) is 8.67. The quantitative estimate of drug-likeness (QED) is 0.584. The summed E-state index contributed by atoms with van der Waals surface area (Å²) >= 11 is 12.4. The molecule has 138 valence electrons. The van der Waals surface area contributed by atoms with Gasteiger partial charge in [0.25, 0.3) is 0 Å². The first-order valence-corrected chi connectivity index (χ1v) is 8.54. The SMILES string of the molecule is CCOc1ccc2c(Cc3cc(Cl)c(OC)c(Cl)c3)cncc2c1O.Cl. The number of methoxy groups -OCH3 is 1. The first-order valence-electron chi connectivity index (χ1n) is 7.78. The van der Waals surface area contributed by atoms with Gasteiger partial charge in [-0.25, -0.2) is 0 Å². The van der Waals surface area contributed by atoms with Gasteiger partial charge in [0.1, 0.15) is 0 Å². The molecule has 0 spiro atoms. The number of pyridine rings is 1. The van der Waals surface area contributed by atoms with Gasteiger partial charge in [-0.05, 0) is 48.1 Å². The zero-order valence-electron chi connectivity index (χ0n) is 14.3. The van der Waals surface area contributed by atoms with Crippen molar-refractivity contribution in [1.82, 2.24) is 4.98 Å². The predicted octanol–water partition coefficient (Wildman–Crippen LogP) is 5.67. The summed E-state index contributed by atoms with van der Waals surface area (Å²) in [5, 5.41) is 12.9. The molecule has 0 saturated carbocycles. The molecule has 1 heterocycles. The molecule has 0 amide bonds. The fourth-order valence-corrected chi connectivity index (χ4v) is 3.50. The van der Waals surface area contributed by atoms with E-state index in [1.165, 1.54) is 7.11 Å². The highest BCUT2D eigenvalue weighted by Gasteiger charge is 2.13. The van der Waals surface area contributed by atoms with Crippen molar-refractivity contribution in [1.29, 1.82) is 0 Å². The first kappa shape index (κ1) is 20.4. The van der Waals surface area contributed by atoms with Crippen LogP contribution in [0, 0.1) is 0 Å². The number of fused-ring (bicyclic) bond motifs is 1. The molecule has 0 radical (unpaired) electrons. The van der Waals surface area contributed by atoms with E-state index in [9.17, 15) is 5.11 Å². The fourth-order valence-electron chi connectivity index (χ4n) is 2.81. The van der Waals surface area contributed by atoms with Crippen LogP contribution in [-0.4, -0.2) is 23.8 Å². The number of nitrogens with zero attached hydrogens (tertiary/aromatic N) is 1. The van der Waals surface area contributed by atoms with Crippen molar-refractivity contribution in [3.8, 4) is 17.2 Å². The number of rotatable bonds is 5. The normalized spacial score (nSPS) is 10.5. The summed E-state index contributed by atoms with van der Waals surface area (Å²) in [5.74, 6) is 1.01. The lowest BCUT2D eigenvalue weighted by atomic mass is 10.00. The molecule has 0 unspecified atom stereocenters. The second-order valence-electron chi connectivity index (χ2n) is 5.51. The molecule has 0 aliphatic rings. The van der Waals surface area contributed by atoms with Crippen LogP contribution in [0.2, 0.25) is 10.0 Å². The highest BCUT2D eigenvalue weighted by molar-refractivity contribution is 6.37. The fraction of sp³-hybridized carbons (Fsp3) is 0.211. The lowest BCUT2D eigenvalue weighted by Gasteiger charge is -2.12. The number of ether oxygens (including phenoxy) is 2. The lowest BCUT2D eigenvalue weighted by Crippen LogP contribution is -1.96. The van der Waals surface area contributed by atoms with E-state index in [1.54, 1.807) is 18.5 Å². The average molecular weight is 415 g/mol. The number of halogens is 3. The van der Waals surface area contributed by atoms with Gasteiger partial charge in [-0.15, -0.1) is 12.4 Å². The topological polar surface area (TPSA) is 51.6 Å². The van der Waals surface area contributed by atoms with Crippen molar-refractivity contribution in [2.75, 3.05) is 13.7 Å². The summed E-state index contributed by atoms with van der Waals surface area (Å²) in [6, 6.07) is 7.32. The monoisotopic (exact) mass is 413 g/mol. The maximum absolute atomic E-state index is 10.4. The van der Waals surface area contributed by atoms with Gasteiger partial charge in [-0.3, -0.25) is 4.98 Å². The molecule has 1 aromatic heterocycles. The van der Waals surface area contributed by atoms with Gasteiger partial charge in [-0.2, -0.15) is 0 Å². The summed E-state index contributed by atoms with van der Waals surface area (Å²) < 4.78 is 10.6. The van der Waals surface area contributed by atoms with Gasteiger partial charge < -0.3 is 14.6 Å². The summed E-state index contributed by atoms with van der Waals surface area (Å²) in [6.07, 6.45) is 3.97. The third-order valence-corrected chi connectivity index (χ3v) is 4.48. The zero-order valence-corrected chi connectivity index (χ0v) is 16.6. The van der Waals surface area contributed by atoms with Crippen molar-refractivity contribution in [2.45, 2.75) is 13.3 Å². The molecule has 3 aromatic rings. The maximum Gasteiger partial charge on any atom is 0.167 e. The molecule has 4 nitrogen and oxygen atoms in total. The van der Waals surface area contributed by atoms with Gasteiger partial charge in [0.2, 0.25) is 0 Å². The molecule has 1 N–H and O–H groups in total. The van der Waals surface area contributed by atoms with E-state index < -0.39 is 0 Å². The van der Waals surface area contributed by atoms with Crippen LogP contribution in [0.15, 0.2) is 36.7 Å². The molecule has 0 fully saturated rings. The highest BCUT2D eigenvalue weighted by Crippen LogP contribution is 2.37. The van der Waals surface area contributed by atoms with Gasteiger partial charge in [0.05, 0.1) is 23.8 Å². The number of hydrogen-bond donors (Lipinski definition) is 1. The largest absolute Gasteiger partial charge is 0.504 e. The minimum Gasteiger partial charge on any atom is -0.504 e. The Bertz CT molecular complexity index is 908.